The Balaban J connectivity index is 2.00. The summed E-state index contributed by atoms with van der Waals surface area (Å²) in [6.45, 7) is 3.31. The van der Waals surface area contributed by atoms with Crippen LogP contribution in [0.1, 0.15) is 17.2 Å². The number of thiophene rings is 1. The molecule has 7 heteroatoms. The summed E-state index contributed by atoms with van der Waals surface area (Å²) in [6.07, 6.45) is 0. The number of likely N-dealkylation sites (N-methyl/N-ethyl adjacent to an activating group) is 1. The lowest BCUT2D eigenvalue weighted by molar-refractivity contribution is -0.856. The van der Waals surface area contributed by atoms with Crippen LogP contribution in [0.25, 0.3) is 0 Å². The second kappa shape index (κ2) is 7.29. The molecule has 2 amide bonds. The molecule has 1 fully saturated rings. The van der Waals surface area contributed by atoms with Crippen LogP contribution in [-0.2, 0) is 9.59 Å². The maximum atomic E-state index is 12.3. The van der Waals surface area contributed by atoms with E-state index >= 15 is 0 Å². The van der Waals surface area contributed by atoms with Gasteiger partial charge in [-0.25, -0.2) is 0 Å². The Morgan fingerprint density at radius 2 is 2.33 bits per heavy atom. The molecule has 1 aromatic heterocycles. The molecule has 2 rings (SSSR count). The lowest BCUT2D eigenvalue weighted by Gasteiger charge is -2.28. The highest BCUT2D eigenvalue weighted by atomic mass is 32.2. The van der Waals surface area contributed by atoms with E-state index in [1.807, 2.05) is 38.5 Å². The van der Waals surface area contributed by atoms with Crippen molar-refractivity contribution < 1.29 is 14.5 Å². The highest BCUT2D eigenvalue weighted by Gasteiger charge is 2.39. The Labute approximate surface area is 133 Å². The lowest BCUT2D eigenvalue weighted by atomic mass is 10.2. The number of rotatable bonds is 6. The zero-order valence-corrected chi connectivity index (χ0v) is 14.2. The number of hydrogen-bond donors (Lipinski definition) is 2. The average Bonchev–Trinajstić information content (AvgIpc) is 3.06. The number of carbonyl (C=O) groups is 2. The SMILES string of the molecule is C[C@H](C(=O)NCC[NH+](C)C)N1C(=O)CS[C@H]1c1cccs1. The second-order valence-corrected chi connectivity index (χ2v) is 7.45. The normalized spacial score (nSPS) is 20.1. The fraction of sp³-hybridized carbons (Fsp3) is 0.571. The first kappa shape index (κ1) is 16.3. The molecule has 0 radical (unpaired) electrons. The van der Waals surface area contributed by atoms with Crippen molar-refractivity contribution in [2.45, 2.75) is 18.3 Å². The van der Waals surface area contributed by atoms with Gasteiger partial charge in [-0.05, 0) is 18.4 Å². The van der Waals surface area contributed by atoms with Crippen LogP contribution in [0.5, 0.6) is 0 Å². The molecule has 2 N–H and O–H groups in total. The van der Waals surface area contributed by atoms with E-state index < -0.39 is 6.04 Å². The van der Waals surface area contributed by atoms with Gasteiger partial charge in [0, 0.05) is 4.88 Å². The van der Waals surface area contributed by atoms with E-state index in [1.54, 1.807) is 28.0 Å². The van der Waals surface area contributed by atoms with Crippen molar-refractivity contribution in [3.05, 3.63) is 22.4 Å². The van der Waals surface area contributed by atoms with Crippen LogP contribution in [0.4, 0.5) is 0 Å². The minimum atomic E-state index is -0.434. The van der Waals surface area contributed by atoms with Gasteiger partial charge in [0.25, 0.3) is 0 Å². The standard InChI is InChI=1S/C14H21N3O2S2/c1-10(13(19)15-6-7-16(2)3)17-12(18)9-21-14(17)11-5-4-8-20-11/h4-5,8,10,14H,6-7,9H2,1-3H3,(H,15,19)/p+1/t10-,14+/m1/s1. The number of amides is 2. The van der Waals surface area contributed by atoms with E-state index in [4.69, 9.17) is 0 Å². The van der Waals surface area contributed by atoms with Crippen LogP contribution in [0.15, 0.2) is 17.5 Å². The fourth-order valence-electron chi connectivity index (χ4n) is 2.22. The fourth-order valence-corrected chi connectivity index (χ4v) is 4.44. The third-order valence-corrected chi connectivity index (χ3v) is 5.70. The largest absolute Gasteiger partial charge is 0.349 e. The minimum Gasteiger partial charge on any atom is -0.349 e. The predicted octanol–water partition coefficient (Wildman–Crippen LogP) is -0.0287. The van der Waals surface area contributed by atoms with Gasteiger partial charge in [-0.3, -0.25) is 9.59 Å². The monoisotopic (exact) mass is 328 g/mol. The molecule has 1 saturated heterocycles. The number of hydrogen-bond acceptors (Lipinski definition) is 4. The van der Waals surface area contributed by atoms with Crippen LogP contribution in [-0.4, -0.2) is 55.7 Å². The zero-order valence-electron chi connectivity index (χ0n) is 12.6. The third kappa shape index (κ3) is 3.99. The molecule has 1 aliphatic heterocycles. The van der Waals surface area contributed by atoms with Crippen molar-refractivity contribution in [2.24, 2.45) is 0 Å². The quantitative estimate of drug-likeness (QED) is 0.771. The predicted molar refractivity (Wildman–Crippen MR) is 86.5 cm³/mol. The smallest absolute Gasteiger partial charge is 0.242 e. The topological polar surface area (TPSA) is 53.9 Å². The molecule has 5 nitrogen and oxygen atoms in total. The van der Waals surface area contributed by atoms with Crippen molar-refractivity contribution in [2.75, 3.05) is 32.9 Å². The van der Waals surface area contributed by atoms with E-state index in [9.17, 15) is 9.59 Å². The molecule has 0 bridgehead atoms. The summed E-state index contributed by atoms with van der Waals surface area (Å²) in [5.41, 5.74) is 0. The molecule has 0 saturated carbocycles. The molecule has 0 spiro atoms. The number of thioether (sulfide) groups is 1. The van der Waals surface area contributed by atoms with Crippen LogP contribution in [0.3, 0.4) is 0 Å². The molecule has 2 atom stereocenters. The summed E-state index contributed by atoms with van der Waals surface area (Å²) >= 11 is 3.22. The summed E-state index contributed by atoms with van der Waals surface area (Å²) in [5, 5.41) is 4.89. The highest BCUT2D eigenvalue weighted by molar-refractivity contribution is 8.00. The molecule has 2 heterocycles. The van der Waals surface area contributed by atoms with Crippen molar-refractivity contribution in [1.29, 1.82) is 0 Å². The molecule has 0 unspecified atom stereocenters. The van der Waals surface area contributed by atoms with E-state index in [2.05, 4.69) is 5.32 Å². The Kier molecular flexibility index (Phi) is 5.66. The number of carbonyl (C=O) groups excluding carboxylic acids is 2. The van der Waals surface area contributed by atoms with Crippen molar-refractivity contribution >= 4 is 34.9 Å². The maximum Gasteiger partial charge on any atom is 0.242 e. The van der Waals surface area contributed by atoms with Crippen LogP contribution in [0.2, 0.25) is 0 Å². The summed E-state index contributed by atoms with van der Waals surface area (Å²) in [7, 11) is 4.09. The van der Waals surface area contributed by atoms with Gasteiger partial charge in [0.1, 0.15) is 11.4 Å². The van der Waals surface area contributed by atoms with E-state index in [-0.39, 0.29) is 17.2 Å². The van der Waals surface area contributed by atoms with Crippen LogP contribution >= 0.6 is 23.1 Å². The summed E-state index contributed by atoms with van der Waals surface area (Å²) in [5.74, 6) is 0.412. The Morgan fingerprint density at radius 3 is 2.95 bits per heavy atom. The second-order valence-electron chi connectivity index (χ2n) is 5.40. The van der Waals surface area contributed by atoms with Gasteiger partial charge >= 0.3 is 0 Å². The zero-order chi connectivity index (χ0) is 15.4. The lowest BCUT2D eigenvalue weighted by Crippen LogP contribution is -3.06. The molecule has 21 heavy (non-hydrogen) atoms. The summed E-state index contributed by atoms with van der Waals surface area (Å²) < 4.78 is 0. The van der Waals surface area contributed by atoms with E-state index in [0.717, 1.165) is 11.4 Å². The molecule has 1 aliphatic rings. The summed E-state index contributed by atoms with van der Waals surface area (Å²) in [6, 6.07) is 3.57. The maximum absolute atomic E-state index is 12.3. The number of quaternary nitrogens is 1. The molecule has 0 aromatic carbocycles. The van der Waals surface area contributed by atoms with Crippen LogP contribution < -0.4 is 10.2 Å². The average molecular weight is 328 g/mol. The van der Waals surface area contributed by atoms with E-state index in [0.29, 0.717) is 12.3 Å². The van der Waals surface area contributed by atoms with Gasteiger partial charge in [0.2, 0.25) is 11.8 Å². The van der Waals surface area contributed by atoms with Crippen molar-refractivity contribution in [3.63, 3.8) is 0 Å². The molecular weight excluding hydrogens is 306 g/mol. The van der Waals surface area contributed by atoms with Crippen molar-refractivity contribution in [1.82, 2.24) is 10.2 Å². The van der Waals surface area contributed by atoms with Gasteiger partial charge in [0.05, 0.1) is 32.9 Å². The van der Waals surface area contributed by atoms with Gasteiger partial charge in [-0.1, -0.05) is 6.07 Å². The Hall–Kier alpha value is -1.05. The molecule has 1 aromatic rings. The molecule has 116 valence electrons. The minimum absolute atomic E-state index is 0.0299. The molecule has 0 aliphatic carbocycles. The van der Waals surface area contributed by atoms with Crippen molar-refractivity contribution in [3.8, 4) is 0 Å². The number of nitrogens with one attached hydrogen (secondary N) is 2. The van der Waals surface area contributed by atoms with Gasteiger partial charge in [0.15, 0.2) is 0 Å². The highest BCUT2D eigenvalue weighted by Crippen LogP contribution is 2.41. The van der Waals surface area contributed by atoms with Crippen LogP contribution in [0, 0.1) is 0 Å². The van der Waals surface area contributed by atoms with E-state index in [1.165, 1.54) is 4.90 Å². The third-order valence-electron chi connectivity index (χ3n) is 3.41. The molecular formula is C14H22N3O2S2+. The Morgan fingerprint density at radius 1 is 1.57 bits per heavy atom. The number of nitrogens with zero attached hydrogens (tertiary/aromatic N) is 1. The first-order valence-corrected chi connectivity index (χ1v) is 8.96. The first-order chi connectivity index (χ1) is 10.0. The summed E-state index contributed by atoms with van der Waals surface area (Å²) in [4.78, 5) is 28.5. The Bertz CT molecular complexity index is 490. The van der Waals surface area contributed by atoms with Gasteiger partial charge < -0.3 is 15.1 Å². The van der Waals surface area contributed by atoms with Gasteiger partial charge in [-0.15, -0.1) is 23.1 Å². The first-order valence-electron chi connectivity index (χ1n) is 7.03. The van der Waals surface area contributed by atoms with Gasteiger partial charge in [-0.2, -0.15) is 0 Å².